The Morgan fingerprint density at radius 1 is 0.500 bits per heavy atom. The van der Waals surface area contributed by atoms with E-state index in [-0.39, 0.29) is 0 Å². The van der Waals surface area contributed by atoms with Crippen molar-refractivity contribution in [2.24, 2.45) is 0 Å². The van der Waals surface area contributed by atoms with Gasteiger partial charge >= 0.3 is 0 Å². The molecule has 2 aromatic rings. The normalized spacial score (nSPS) is 12.3. The van der Waals surface area contributed by atoms with Gasteiger partial charge < -0.3 is 9.47 Å². The van der Waals surface area contributed by atoms with Crippen LogP contribution >= 0.6 is 0 Å². The number of hydrogen-bond donors (Lipinski definition) is 0. The smallest absolute Gasteiger partial charge is 0.213 e. The van der Waals surface area contributed by atoms with Crippen LogP contribution in [-0.4, -0.2) is 23.2 Å². The second-order valence-corrected chi connectivity index (χ2v) is 10.4. The Hall–Kier alpha value is -2.10. The Balaban J connectivity index is 1.35. The second kappa shape index (κ2) is 17.4. The van der Waals surface area contributed by atoms with Crippen molar-refractivity contribution in [1.82, 2.24) is 9.97 Å². The van der Waals surface area contributed by atoms with E-state index in [1.54, 1.807) is 0 Å². The molecule has 0 fully saturated rings. The molecular weight excluding hydrogens is 444 g/mol. The third kappa shape index (κ3) is 10.1. The van der Waals surface area contributed by atoms with E-state index in [2.05, 4.69) is 26.0 Å². The van der Waals surface area contributed by atoms with E-state index in [4.69, 9.17) is 19.4 Å². The highest BCUT2D eigenvalue weighted by Crippen LogP contribution is 2.34. The molecule has 0 aromatic carbocycles. The zero-order valence-corrected chi connectivity index (χ0v) is 23.2. The van der Waals surface area contributed by atoms with Crippen LogP contribution in [0.1, 0.15) is 128 Å². The van der Waals surface area contributed by atoms with Gasteiger partial charge in [0.1, 0.15) is 0 Å². The first-order chi connectivity index (χ1) is 17.8. The molecule has 0 saturated heterocycles. The van der Waals surface area contributed by atoms with Gasteiger partial charge in [0, 0.05) is 23.3 Å². The van der Waals surface area contributed by atoms with E-state index < -0.39 is 0 Å². The van der Waals surface area contributed by atoms with Crippen molar-refractivity contribution in [2.45, 2.75) is 129 Å². The molecule has 4 heteroatoms. The van der Waals surface area contributed by atoms with Crippen molar-refractivity contribution in [3.05, 3.63) is 35.7 Å². The average Bonchev–Trinajstić information content (AvgIpc) is 2.91. The molecule has 0 N–H and O–H groups in total. The number of ether oxygens (including phenoxy) is 2. The van der Waals surface area contributed by atoms with Gasteiger partial charge in [0.2, 0.25) is 11.8 Å². The zero-order valence-electron chi connectivity index (χ0n) is 23.2. The molecule has 1 aliphatic rings. The molecule has 0 atom stereocenters. The summed E-state index contributed by atoms with van der Waals surface area (Å²) >= 11 is 0. The summed E-state index contributed by atoms with van der Waals surface area (Å²) in [6.45, 7) is 6.06. The highest BCUT2D eigenvalue weighted by Gasteiger charge is 2.19. The number of aromatic nitrogens is 2. The number of pyridine rings is 2. The van der Waals surface area contributed by atoms with Crippen molar-refractivity contribution in [3.63, 3.8) is 0 Å². The fourth-order valence-electron chi connectivity index (χ4n) is 5.06. The summed E-state index contributed by atoms with van der Waals surface area (Å²) in [6, 6.07) is 8.35. The molecule has 0 unspecified atom stereocenters. The molecule has 1 aliphatic carbocycles. The van der Waals surface area contributed by atoms with E-state index in [1.807, 2.05) is 12.1 Å². The Morgan fingerprint density at radius 3 is 1.25 bits per heavy atom. The quantitative estimate of drug-likeness (QED) is 0.172. The lowest BCUT2D eigenvalue weighted by Gasteiger charge is -2.19. The maximum absolute atomic E-state index is 5.99. The van der Waals surface area contributed by atoms with Crippen LogP contribution in [0.25, 0.3) is 11.1 Å². The number of rotatable bonds is 20. The lowest BCUT2D eigenvalue weighted by atomic mass is 9.92. The molecule has 0 aliphatic heterocycles. The molecule has 36 heavy (non-hydrogen) atoms. The first-order valence-electron chi connectivity index (χ1n) is 15.1. The Bertz CT molecular complexity index is 867. The Labute approximate surface area is 220 Å². The van der Waals surface area contributed by atoms with E-state index in [9.17, 15) is 0 Å². The van der Waals surface area contributed by atoms with Gasteiger partial charge in [0.25, 0.3) is 0 Å². The van der Waals surface area contributed by atoms with Gasteiger partial charge in [-0.05, 0) is 37.8 Å². The lowest BCUT2D eigenvalue weighted by molar-refractivity contribution is 0.291. The fraction of sp³-hybridized carbons (Fsp3) is 0.688. The van der Waals surface area contributed by atoms with Gasteiger partial charge in [-0.15, -0.1) is 0 Å². The average molecular weight is 495 g/mol. The minimum absolute atomic E-state index is 0.759. The van der Waals surface area contributed by atoms with Crippen LogP contribution in [0.2, 0.25) is 0 Å². The predicted molar refractivity (Wildman–Crippen MR) is 151 cm³/mol. The molecule has 4 nitrogen and oxygen atoms in total. The highest BCUT2D eigenvalue weighted by atomic mass is 16.5. The van der Waals surface area contributed by atoms with Gasteiger partial charge in [-0.2, -0.15) is 0 Å². The van der Waals surface area contributed by atoms with Gasteiger partial charge in [-0.25, -0.2) is 9.97 Å². The maximum Gasteiger partial charge on any atom is 0.213 e. The summed E-state index contributed by atoms with van der Waals surface area (Å²) in [7, 11) is 0. The molecule has 0 bridgehead atoms. The first-order valence-corrected chi connectivity index (χ1v) is 15.1. The van der Waals surface area contributed by atoms with E-state index in [1.165, 1.54) is 101 Å². The van der Waals surface area contributed by atoms with Crippen molar-refractivity contribution in [3.8, 4) is 22.9 Å². The number of unbranched alkanes of at least 4 members (excludes halogenated alkanes) is 14. The van der Waals surface area contributed by atoms with Crippen LogP contribution in [0.5, 0.6) is 11.8 Å². The van der Waals surface area contributed by atoms with Gasteiger partial charge in [0.05, 0.1) is 24.6 Å². The largest absolute Gasteiger partial charge is 0.478 e. The standard InChI is InChI=1S/C32H50N2O2/c1-3-5-7-9-11-12-13-14-16-18-26-36-32-24-20-28-27-19-23-31(33-29(27)21-22-30(28)34-32)35-25-17-15-10-8-6-4-2/h19-20,23-24H,3-18,21-22,25-26H2,1-2H3. The molecule has 0 saturated carbocycles. The first kappa shape index (κ1) is 28.5. The number of nitrogens with zero attached hydrogens (tertiary/aromatic N) is 2. The third-order valence-electron chi connectivity index (χ3n) is 7.28. The summed E-state index contributed by atoms with van der Waals surface area (Å²) in [6.07, 6.45) is 22.9. The van der Waals surface area contributed by atoms with E-state index in [0.717, 1.165) is 62.0 Å². The van der Waals surface area contributed by atoms with Crippen molar-refractivity contribution < 1.29 is 9.47 Å². The molecule has 3 rings (SSSR count). The second-order valence-electron chi connectivity index (χ2n) is 10.4. The minimum Gasteiger partial charge on any atom is -0.478 e. The molecule has 200 valence electrons. The molecule has 2 aromatic heterocycles. The molecular formula is C32H50N2O2. The summed E-state index contributed by atoms with van der Waals surface area (Å²) in [5, 5.41) is 0. The zero-order chi connectivity index (χ0) is 25.3. The molecule has 0 amide bonds. The minimum atomic E-state index is 0.759. The number of fused-ring (bicyclic) bond motifs is 3. The van der Waals surface area contributed by atoms with Crippen LogP contribution in [0.3, 0.4) is 0 Å². The van der Waals surface area contributed by atoms with Crippen molar-refractivity contribution in [2.75, 3.05) is 13.2 Å². The maximum atomic E-state index is 5.99. The van der Waals surface area contributed by atoms with Gasteiger partial charge in [0.15, 0.2) is 0 Å². The highest BCUT2D eigenvalue weighted by molar-refractivity contribution is 5.71. The van der Waals surface area contributed by atoms with Gasteiger partial charge in [-0.1, -0.05) is 104 Å². The molecule has 0 spiro atoms. The SMILES string of the molecule is CCCCCCCCCCCCOc1ccc2c(n1)CCc1nc(OCCCCCCCC)ccc1-2. The van der Waals surface area contributed by atoms with E-state index in [0.29, 0.717) is 0 Å². The Morgan fingerprint density at radius 2 is 0.861 bits per heavy atom. The number of hydrogen-bond acceptors (Lipinski definition) is 4. The number of aryl methyl sites for hydroxylation is 2. The monoisotopic (exact) mass is 494 g/mol. The molecule has 2 heterocycles. The van der Waals surface area contributed by atoms with Crippen LogP contribution in [-0.2, 0) is 12.8 Å². The van der Waals surface area contributed by atoms with Crippen LogP contribution < -0.4 is 9.47 Å². The van der Waals surface area contributed by atoms with E-state index >= 15 is 0 Å². The summed E-state index contributed by atoms with van der Waals surface area (Å²) in [5.41, 5.74) is 4.64. The predicted octanol–water partition coefficient (Wildman–Crippen LogP) is 9.28. The van der Waals surface area contributed by atoms with Gasteiger partial charge in [-0.3, -0.25) is 0 Å². The van der Waals surface area contributed by atoms with Crippen LogP contribution in [0.15, 0.2) is 24.3 Å². The fourth-order valence-corrected chi connectivity index (χ4v) is 5.06. The summed E-state index contributed by atoms with van der Waals surface area (Å²) in [5.74, 6) is 1.52. The third-order valence-corrected chi connectivity index (χ3v) is 7.28. The van der Waals surface area contributed by atoms with Crippen LogP contribution in [0, 0.1) is 0 Å². The lowest BCUT2D eigenvalue weighted by Crippen LogP contribution is -2.10. The van der Waals surface area contributed by atoms with Crippen molar-refractivity contribution in [1.29, 1.82) is 0 Å². The topological polar surface area (TPSA) is 44.2 Å². The Kier molecular flexibility index (Phi) is 13.7. The summed E-state index contributed by atoms with van der Waals surface area (Å²) < 4.78 is 11.9. The summed E-state index contributed by atoms with van der Waals surface area (Å²) in [4.78, 5) is 9.64. The van der Waals surface area contributed by atoms with Crippen molar-refractivity contribution >= 4 is 0 Å². The van der Waals surface area contributed by atoms with Crippen LogP contribution in [0.4, 0.5) is 0 Å². The molecule has 0 radical (unpaired) electrons.